The molecule has 0 saturated carbocycles. The maximum atomic E-state index is 13.0. The van der Waals surface area contributed by atoms with E-state index >= 15 is 0 Å². The number of carbonyl (C=O) groups is 1. The molecule has 2 atom stereocenters. The molecule has 1 aromatic carbocycles. The Kier molecular flexibility index (Phi) is 7.57. The van der Waals surface area contributed by atoms with E-state index in [9.17, 15) is 18.0 Å². The van der Waals surface area contributed by atoms with Crippen molar-refractivity contribution in [2.75, 3.05) is 57.4 Å². The number of aromatic nitrogens is 2. The van der Waals surface area contributed by atoms with Crippen LogP contribution >= 0.6 is 0 Å². The summed E-state index contributed by atoms with van der Waals surface area (Å²) in [4.78, 5) is 28.1. The maximum Gasteiger partial charge on any atom is 0.416 e. The highest BCUT2D eigenvalue weighted by molar-refractivity contribution is 6.30. The maximum absolute atomic E-state index is 13.0. The second-order valence-corrected chi connectivity index (χ2v) is 10.1. The molecule has 208 valence electrons. The fraction of sp³-hybridized carbons (Fsp3) is 0.519. The number of piperazine rings is 1. The van der Waals surface area contributed by atoms with Gasteiger partial charge in [0.15, 0.2) is 5.82 Å². The Balaban J connectivity index is 1.23. The van der Waals surface area contributed by atoms with Gasteiger partial charge in [-0.15, -0.1) is 10.2 Å². The zero-order valence-corrected chi connectivity index (χ0v) is 22.3. The molecule has 1 aromatic heterocycles. The van der Waals surface area contributed by atoms with Crippen LogP contribution in [-0.4, -0.2) is 103 Å². The third-order valence-corrected chi connectivity index (χ3v) is 7.61. The van der Waals surface area contributed by atoms with Gasteiger partial charge in [-0.3, -0.25) is 14.8 Å². The van der Waals surface area contributed by atoms with Crippen LogP contribution in [0.2, 0.25) is 0 Å². The van der Waals surface area contributed by atoms with E-state index in [1.807, 2.05) is 13.8 Å². The summed E-state index contributed by atoms with van der Waals surface area (Å²) >= 11 is 0. The molecule has 0 bridgehead atoms. The third-order valence-electron chi connectivity index (χ3n) is 7.61. The summed E-state index contributed by atoms with van der Waals surface area (Å²) in [6.45, 7) is 10.7. The van der Waals surface area contributed by atoms with E-state index in [2.05, 4.69) is 31.9 Å². The Morgan fingerprint density at radius 1 is 1.00 bits per heavy atom. The second-order valence-electron chi connectivity index (χ2n) is 10.1. The molecule has 39 heavy (non-hydrogen) atoms. The topological polar surface area (TPSA) is 86.5 Å². The van der Waals surface area contributed by atoms with Crippen molar-refractivity contribution in [1.29, 1.82) is 0 Å². The number of aliphatic imine (C=N–C) groups is 2. The van der Waals surface area contributed by atoms with Crippen LogP contribution in [0.5, 0.6) is 0 Å². The van der Waals surface area contributed by atoms with E-state index in [1.54, 1.807) is 11.1 Å². The van der Waals surface area contributed by atoms with Crippen LogP contribution < -0.4 is 4.90 Å². The number of morpholine rings is 1. The molecule has 4 heterocycles. The van der Waals surface area contributed by atoms with Crippen molar-refractivity contribution in [1.82, 2.24) is 20.0 Å². The Morgan fingerprint density at radius 2 is 1.72 bits per heavy atom. The van der Waals surface area contributed by atoms with E-state index < -0.39 is 17.8 Å². The van der Waals surface area contributed by atoms with Crippen LogP contribution in [0, 0.1) is 13.8 Å². The number of amidine groups is 1. The minimum Gasteiger partial charge on any atom is -0.378 e. The molecular formula is C27H32F3N7O2. The van der Waals surface area contributed by atoms with Crippen LogP contribution in [0.4, 0.5) is 19.0 Å². The van der Waals surface area contributed by atoms with Gasteiger partial charge < -0.3 is 19.4 Å². The highest BCUT2D eigenvalue weighted by atomic mass is 19.4. The van der Waals surface area contributed by atoms with Crippen LogP contribution in [-0.2, 0) is 15.7 Å². The highest BCUT2D eigenvalue weighted by Gasteiger charge is 2.32. The van der Waals surface area contributed by atoms with Crippen molar-refractivity contribution in [3.8, 4) is 11.3 Å². The molecule has 2 aromatic rings. The molecule has 5 rings (SSSR count). The highest BCUT2D eigenvalue weighted by Crippen LogP contribution is 2.33. The van der Waals surface area contributed by atoms with Crippen LogP contribution in [0.3, 0.4) is 0 Å². The van der Waals surface area contributed by atoms with Crippen molar-refractivity contribution >= 4 is 23.8 Å². The largest absolute Gasteiger partial charge is 0.416 e. The molecule has 1 amide bonds. The van der Waals surface area contributed by atoms with Gasteiger partial charge in [0.2, 0.25) is 5.91 Å². The van der Waals surface area contributed by atoms with E-state index in [0.717, 1.165) is 34.9 Å². The zero-order valence-electron chi connectivity index (χ0n) is 22.3. The number of rotatable bonds is 3. The fourth-order valence-electron chi connectivity index (χ4n) is 5.20. The fourth-order valence-corrected chi connectivity index (χ4v) is 5.20. The summed E-state index contributed by atoms with van der Waals surface area (Å²) in [5, 5.41) is 8.88. The van der Waals surface area contributed by atoms with Gasteiger partial charge >= 0.3 is 6.18 Å². The van der Waals surface area contributed by atoms with Gasteiger partial charge in [0.05, 0.1) is 37.2 Å². The van der Waals surface area contributed by atoms with Gasteiger partial charge in [-0.1, -0.05) is 12.1 Å². The molecule has 9 nitrogen and oxygen atoms in total. The van der Waals surface area contributed by atoms with Gasteiger partial charge in [0, 0.05) is 44.3 Å². The van der Waals surface area contributed by atoms with Crippen molar-refractivity contribution in [2.24, 2.45) is 9.98 Å². The molecule has 12 heteroatoms. The Labute approximate surface area is 225 Å². The lowest BCUT2D eigenvalue weighted by atomic mass is 10.0. The summed E-state index contributed by atoms with van der Waals surface area (Å²) in [7, 11) is 0. The molecular weight excluding hydrogens is 511 g/mol. The molecule has 0 radical (unpaired) electrons. The van der Waals surface area contributed by atoms with Gasteiger partial charge in [-0.25, -0.2) is 0 Å². The van der Waals surface area contributed by atoms with E-state index in [1.165, 1.54) is 12.1 Å². The number of alkyl halides is 3. The molecule has 3 aliphatic rings. The SMILES string of the molecule is Cc1c(-c2ccc(C(F)(F)F)cc2)nnc(N2CCN(C3=NCC(C(=O)N4CCOCC4)N=C3)C(C)C2)c1C. The monoisotopic (exact) mass is 543 g/mol. The number of nitrogens with zero attached hydrogens (tertiary/aromatic N) is 7. The smallest absolute Gasteiger partial charge is 0.378 e. The molecule has 2 unspecified atom stereocenters. The second kappa shape index (κ2) is 10.9. The normalized spacial score (nSPS) is 22.2. The van der Waals surface area contributed by atoms with Crippen molar-refractivity contribution in [3.63, 3.8) is 0 Å². The first-order valence-electron chi connectivity index (χ1n) is 13.1. The predicted molar refractivity (Wildman–Crippen MR) is 142 cm³/mol. The third kappa shape index (κ3) is 5.61. The summed E-state index contributed by atoms with van der Waals surface area (Å²) in [5.74, 6) is 1.55. The number of anilines is 1. The van der Waals surface area contributed by atoms with Crippen LogP contribution in [0.1, 0.15) is 23.6 Å². The van der Waals surface area contributed by atoms with Gasteiger partial charge in [0.1, 0.15) is 11.9 Å². The number of amides is 1. The summed E-state index contributed by atoms with van der Waals surface area (Å²) in [6, 6.07) is 4.65. The lowest BCUT2D eigenvalue weighted by molar-refractivity contribution is -0.137. The number of hydrogen-bond donors (Lipinski definition) is 0. The molecule has 0 spiro atoms. The molecule has 2 saturated heterocycles. The Morgan fingerprint density at radius 3 is 2.33 bits per heavy atom. The molecule has 2 fully saturated rings. The lowest BCUT2D eigenvalue weighted by Crippen LogP contribution is -2.55. The van der Waals surface area contributed by atoms with Gasteiger partial charge in [-0.05, 0) is 44.0 Å². The average Bonchev–Trinajstić information content (AvgIpc) is 2.94. The van der Waals surface area contributed by atoms with E-state index in [4.69, 9.17) is 9.73 Å². The van der Waals surface area contributed by atoms with Crippen molar-refractivity contribution < 1.29 is 22.7 Å². The average molecular weight is 544 g/mol. The standard InChI is InChI=1S/C27H32F3N7O2/c1-17-16-36(8-9-37(17)23-15-31-22(14-32-23)26(38)35-10-12-39-13-11-35)25-19(3)18(2)24(33-34-25)20-4-6-21(7-5-20)27(28,29)30/h4-7,15,17,22H,8-14,16H2,1-3H3. The minimum atomic E-state index is -4.38. The molecule has 3 aliphatic heterocycles. The van der Waals surface area contributed by atoms with Crippen molar-refractivity contribution in [3.05, 3.63) is 41.0 Å². The van der Waals surface area contributed by atoms with Gasteiger partial charge in [-0.2, -0.15) is 13.2 Å². The number of benzene rings is 1. The van der Waals surface area contributed by atoms with Crippen LogP contribution in [0.25, 0.3) is 11.3 Å². The number of carbonyl (C=O) groups excluding carboxylic acids is 1. The molecule has 0 N–H and O–H groups in total. The Bertz CT molecular complexity index is 1270. The van der Waals surface area contributed by atoms with Crippen LogP contribution in [0.15, 0.2) is 34.3 Å². The van der Waals surface area contributed by atoms with Gasteiger partial charge in [0.25, 0.3) is 0 Å². The summed E-state index contributed by atoms with van der Waals surface area (Å²) in [5.41, 5.74) is 2.31. The van der Waals surface area contributed by atoms with E-state index in [0.29, 0.717) is 63.7 Å². The number of hydrogen-bond acceptors (Lipinski definition) is 8. The quantitative estimate of drug-likeness (QED) is 0.592. The first-order chi connectivity index (χ1) is 18.6. The zero-order chi connectivity index (χ0) is 27.7. The minimum absolute atomic E-state index is 0.000575. The first kappa shape index (κ1) is 27.0. The molecule has 0 aliphatic carbocycles. The predicted octanol–water partition coefficient (Wildman–Crippen LogP) is 3.00. The Hall–Kier alpha value is -3.54. The number of halogens is 3. The summed E-state index contributed by atoms with van der Waals surface area (Å²) in [6.07, 6.45) is -2.66. The van der Waals surface area contributed by atoms with Crippen molar-refractivity contribution in [2.45, 2.75) is 39.0 Å². The number of ether oxygens (including phenoxy) is 1. The van der Waals surface area contributed by atoms with E-state index in [-0.39, 0.29) is 11.9 Å². The lowest BCUT2D eigenvalue weighted by Gasteiger charge is -2.42. The first-order valence-corrected chi connectivity index (χ1v) is 13.1. The summed E-state index contributed by atoms with van der Waals surface area (Å²) < 4.78 is 44.2.